The Bertz CT molecular complexity index is 832. The molecular formula is C19H17ClN2O. The van der Waals surface area contributed by atoms with Crippen LogP contribution in [-0.4, -0.2) is 12.5 Å². The summed E-state index contributed by atoms with van der Waals surface area (Å²) in [5, 5.41) is 9.01. The predicted molar refractivity (Wildman–Crippen MR) is 97.1 cm³/mol. The molecule has 0 aliphatic rings. The number of carbonyl (C=O) groups excluding carboxylic acids is 1. The minimum Gasteiger partial charge on any atom is -0.383 e. The van der Waals surface area contributed by atoms with E-state index in [1.807, 2.05) is 60.7 Å². The molecule has 0 fully saturated rings. The van der Waals surface area contributed by atoms with Gasteiger partial charge in [-0.15, -0.1) is 0 Å². The van der Waals surface area contributed by atoms with E-state index in [1.165, 1.54) is 0 Å². The molecule has 0 saturated heterocycles. The zero-order chi connectivity index (χ0) is 16.1. The van der Waals surface area contributed by atoms with Gasteiger partial charge in [-0.3, -0.25) is 4.79 Å². The van der Waals surface area contributed by atoms with Gasteiger partial charge in [0.05, 0.1) is 10.7 Å². The Morgan fingerprint density at radius 3 is 2.48 bits per heavy atom. The molecule has 3 aromatic carbocycles. The largest absolute Gasteiger partial charge is 0.383 e. The molecule has 0 heterocycles. The molecule has 0 aromatic heterocycles. The summed E-state index contributed by atoms with van der Waals surface area (Å²) >= 11 is 6.06. The van der Waals surface area contributed by atoms with Crippen molar-refractivity contribution in [2.24, 2.45) is 0 Å². The van der Waals surface area contributed by atoms with Crippen molar-refractivity contribution in [3.63, 3.8) is 0 Å². The Morgan fingerprint density at radius 2 is 1.65 bits per heavy atom. The molecule has 1 amide bonds. The van der Waals surface area contributed by atoms with Crippen LogP contribution in [0, 0.1) is 0 Å². The first kappa shape index (κ1) is 15.4. The second-order valence-corrected chi connectivity index (χ2v) is 5.67. The highest BCUT2D eigenvalue weighted by atomic mass is 35.5. The molecule has 2 N–H and O–H groups in total. The highest BCUT2D eigenvalue weighted by molar-refractivity contribution is 6.33. The normalized spacial score (nSPS) is 10.5. The molecular weight excluding hydrogens is 308 g/mol. The van der Waals surface area contributed by atoms with Crippen LogP contribution < -0.4 is 10.6 Å². The summed E-state index contributed by atoms with van der Waals surface area (Å²) in [7, 11) is 0. The Hall–Kier alpha value is -2.52. The van der Waals surface area contributed by atoms with Crippen LogP contribution in [-0.2, 0) is 4.79 Å². The van der Waals surface area contributed by atoms with E-state index in [0.717, 1.165) is 22.1 Å². The van der Waals surface area contributed by atoms with Crippen LogP contribution in [0.15, 0.2) is 66.7 Å². The molecule has 116 valence electrons. The summed E-state index contributed by atoms with van der Waals surface area (Å²) in [5.74, 6) is -0.0279. The van der Waals surface area contributed by atoms with Gasteiger partial charge in [0, 0.05) is 18.7 Å². The fourth-order valence-corrected chi connectivity index (χ4v) is 2.61. The molecule has 0 saturated carbocycles. The highest BCUT2D eigenvalue weighted by Gasteiger charge is 2.04. The quantitative estimate of drug-likeness (QED) is 0.698. The van der Waals surface area contributed by atoms with Crippen LogP contribution in [0.2, 0.25) is 5.02 Å². The number of halogens is 1. The molecule has 3 rings (SSSR count). The van der Waals surface area contributed by atoms with Crippen LogP contribution in [0.1, 0.15) is 6.42 Å². The third kappa shape index (κ3) is 4.02. The van der Waals surface area contributed by atoms with Gasteiger partial charge in [0.25, 0.3) is 0 Å². The van der Waals surface area contributed by atoms with Gasteiger partial charge in [-0.05, 0) is 35.0 Å². The van der Waals surface area contributed by atoms with E-state index < -0.39 is 0 Å². The average Bonchev–Trinajstić information content (AvgIpc) is 2.56. The van der Waals surface area contributed by atoms with Crippen molar-refractivity contribution in [1.82, 2.24) is 0 Å². The van der Waals surface area contributed by atoms with Crippen LogP contribution in [0.5, 0.6) is 0 Å². The highest BCUT2D eigenvalue weighted by Crippen LogP contribution is 2.21. The number of amides is 1. The summed E-state index contributed by atoms with van der Waals surface area (Å²) in [6.45, 7) is 0.531. The van der Waals surface area contributed by atoms with Crippen molar-refractivity contribution >= 4 is 39.7 Å². The summed E-state index contributed by atoms with van der Waals surface area (Å²) in [4.78, 5) is 12.0. The fraction of sp³-hybridized carbons (Fsp3) is 0.105. The average molecular weight is 325 g/mol. The molecule has 0 spiro atoms. The minimum atomic E-state index is -0.0279. The Kier molecular flexibility index (Phi) is 4.79. The van der Waals surface area contributed by atoms with Crippen LogP contribution in [0.25, 0.3) is 10.8 Å². The first-order valence-electron chi connectivity index (χ1n) is 7.49. The zero-order valence-electron chi connectivity index (χ0n) is 12.6. The first-order valence-corrected chi connectivity index (χ1v) is 7.87. The lowest BCUT2D eigenvalue weighted by molar-refractivity contribution is -0.115. The van der Waals surface area contributed by atoms with E-state index in [4.69, 9.17) is 11.6 Å². The lowest BCUT2D eigenvalue weighted by Gasteiger charge is -2.09. The van der Waals surface area contributed by atoms with E-state index in [9.17, 15) is 4.79 Å². The first-order chi connectivity index (χ1) is 11.2. The molecule has 0 aliphatic carbocycles. The van der Waals surface area contributed by atoms with Crippen LogP contribution in [0.4, 0.5) is 11.4 Å². The Balaban J connectivity index is 1.55. The second-order valence-electron chi connectivity index (χ2n) is 5.27. The molecule has 3 aromatic rings. The number of benzene rings is 3. The van der Waals surface area contributed by atoms with Gasteiger partial charge in [0.2, 0.25) is 5.91 Å². The van der Waals surface area contributed by atoms with Crippen LogP contribution in [0.3, 0.4) is 0 Å². The SMILES string of the molecule is O=C(CCNc1ccccc1Cl)Nc1ccc2ccccc2c1. The van der Waals surface area contributed by atoms with Crippen molar-refractivity contribution in [1.29, 1.82) is 0 Å². The number of rotatable bonds is 5. The number of hydrogen-bond donors (Lipinski definition) is 2. The summed E-state index contributed by atoms with van der Waals surface area (Å²) in [5.41, 5.74) is 1.65. The molecule has 0 radical (unpaired) electrons. The van der Waals surface area contributed by atoms with Crippen molar-refractivity contribution in [2.75, 3.05) is 17.2 Å². The number of nitrogens with one attached hydrogen (secondary N) is 2. The summed E-state index contributed by atoms with van der Waals surface area (Å²) in [6.07, 6.45) is 0.373. The lowest BCUT2D eigenvalue weighted by atomic mass is 10.1. The lowest BCUT2D eigenvalue weighted by Crippen LogP contribution is -2.16. The van der Waals surface area contributed by atoms with E-state index >= 15 is 0 Å². The minimum absolute atomic E-state index is 0.0279. The third-order valence-electron chi connectivity index (χ3n) is 3.57. The number of carbonyl (C=O) groups is 1. The van der Waals surface area contributed by atoms with E-state index in [0.29, 0.717) is 18.0 Å². The van der Waals surface area contributed by atoms with Gasteiger partial charge < -0.3 is 10.6 Å². The Labute approximate surface area is 140 Å². The molecule has 0 aliphatic heterocycles. The third-order valence-corrected chi connectivity index (χ3v) is 3.90. The van der Waals surface area contributed by atoms with Crippen molar-refractivity contribution in [3.05, 3.63) is 71.8 Å². The maximum Gasteiger partial charge on any atom is 0.226 e. The van der Waals surface area contributed by atoms with Gasteiger partial charge in [0.15, 0.2) is 0 Å². The van der Waals surface area contributed by atoms with Gasteiger partial charge in [-0.2, -0.15) is 0 Å². The van der Waals surface area contributed by atoms with Gasteiger partial charge in [-0.25, -0.2) is 0 Å². The van der Waals surface area contributed by atoms with E-state index in [1.54, 1.807) is 0 Å². The standard InChI is InChI=1S/C19H17ClN2O/c20-17-7-3-4-8-18(17)21-12-11-19(23)22-16-10-9-14-5-1-2-6-15(14)13-16/h1-10,13,21H,11-12H2,(H,22,23). The van der Waals surface area contributed by atoms with E-state index in [-0.39, 0.29) is 5.91 Å². The number of anilines is 2. The van der Waals surface area contributed by atoms with Gasteiger partial charge in [-0.1, -0.05) is 54.1 Å². The molecule has 4 heteroatoms. The zero-order valence-corrected chi connectivity index (χ0v) is 13.3. The van der Waals surface area contributed by atoms with Crippen molar-refractivity contribution < 1.29 is 4.79 Å². The topological polar surface area (TPSA) is 41.1 Å². The molecule has 3 nitrogen and oxygen atoms in total. The van der Waals surface area contributed by atoms with Gasteiger partial charge >= 0.3 is 0 Å². The predicted octanol–water partition coefficient (Wildman–Crippen LogP) is 4.93. The number of fused-ring (bicyclic) bond motifs is 1. The molecule has 23 heavy (non-hydrogen) atoms. The fourth-order valence-electron chi connectivity index (χ4n) is 2.41. The molecule has 0 unspecified atom stereocenters. The molecule has 0 atom stereocenters. The second kappa shape index (κ2) is 7.16. The smallest absolute Gasteiger partial charge is 0.226 e. The maximum absolute atomic E-state index is 12.0. The number of para-hydroxylation sites is 1. The molecule has 0 bridgehead atoms. The summed E-state index contributed by atoms with van der Waals surface area (Å²) in [6, 6.07) is 21.5. The number of hydrogen-bond acceptors (Lipinski definition) is 2. The monoisotopic (exact) mass is 324 g/mol. The van der Waals surface area contributed by atoms with Crippen LogP contribution >= 0.6 is 11.6 Å². The Morgan fingerprint density at radius 1 is 0.913 bits per heavy atom. The van der Waals surface area contributed by atoms with Gasteiger partial charge in [0.1, 0.15) is 0 Å². The van der Waals surface area contributed by atoms with E-state index in [2.05, 4.69) is 16.7 Å². The van der Waals surface area contributed by atoms with Crippen molar-refractivity contribution in [3.8, 4) is 0 Å². The summed E-state index contributed by atoms with van der Waals surface area (Å²) < 4.78 is 0. The maximum atomic E-state index is 12.0. The van der Waals surface area contributed by atoms with Crippen molar-refractivity contribution in [2.45, 2.75) is 6.42 Å².